The van der Waals surface area contributed by atoms with Crippen molar-refractivity contribution in [3.63, 3.8) is 0 Å². The van der Waals surface area contributed by atoms with Crippen LogP contribution in [0, 0.1) is 0 Å². The zero-order chi connectivity index (χ0) is 21.4. The predicted molar refractivity (Wildman–Crippen MR) is 113 cm³/mol. The van der Waals surface area contributed by atoms with Gasteiger partial charge in [-0.05, 0) is 56.3 Å². The van der Waals surface area contributed by atoms with Crippen LogP contribution in [0.15, 0.2) is 47.4 Å². The van der Waals surface area contributed by atoms with Crippen LogP contribution >= 0.6 is 11.6 Å². The summed E-state index contributed by atoms with van der Waals surface area (Å²) < 4.78 is 33.3. The molecule has 0 aliphatic carbocycles. The number of anilines is 1. The van der Waals surface area contributed by atoms with Gasteiger partial charge in [0.25, 0.3) is 5.91 Å². The number of rotatable bonds is 5. The fourth-order valence-electron chi connectivity index (χ4n) is 3.62. The first-order chi connectivity index (χ1) is 13.6. The van der Waals surface area contributed by atoms with Gasteiger partial charge in [-0.1, -0.05) is 11.6 Å². The minimum Gasteiger partial charge on any atom is -0.496 e. The quantitative estimate of drug-likeness (QED) is 0.776. The van der Waals surface area contributed by atoms with Crippen LogP contribution in [0.1, 0.15) is 24.2 Å². The van der Waals surface area contributed by atoms with E-state index in [9.17, 15) is 13.2 Å². The van der Waals surface area contributed by atoms with E-state index < -0.39 is 21.5 Å². The van der Waals surface area contributed by atoms with Gasteiger partial charge in [0, 0.05) is 35.9 Å². The molecule has 1 aliphatic rings. The standard InChI is InChI=1S/C20H24ClN3O4S/c1-20(2)13-23(15-6-4-14(21)5-7-15)10-11-24(20)29(26,27)16-8-9-18(28-3)17(12-16)19(22)25/h4-9,12H,10-11,13H2,1-3H3,(H2,22,25). The van der Waals surface area contributed by atoms with Crippen LogP contribution in [-0.2, 0) is 10.0 Å². The van der Waals surface area contributed by atoms with E-state index >= 15 is 0 Å². The van der Waals surface area contributed by atoms with E-state index in [2.05, 4.69) is 4.90 Å². The number of nitrogens with zero attached hydrogens (tertiary/aromatic N) is 2. The number of amides is 1. The fourth-order valence-corrected chi connectivity index (χ4v) is 5.54. The second-order valence-electron chi connectivity index (χ2n) is 7.51. The van der Waals surface area contributed by atoms with Crippen molar-refractivity contribution in [2.24, 2.45) is 5.73 Å². The fraction of sp³-hybridized carbons (Fsp3) is 0.350. The summed E-state index contributed by atoms with van der Waals surface area (Å²) in [7, 11) is -2.44. The molecule has 0 atom stereocenters. The number of primary amides is 1. The maximum atomic E-state index is 13.4. The topological polar surface area (TPSA) is 92.9 Å². The molecule has 1 aliphatic heterocycles. The van der Waals surface area contributed by atoms with Crippen LogP contribution in [0.4, 0.5) is 5.69 Å². The van der Waals surface area contributed by atoms with Crippen LogP contribution in [0.25, 0.3) is 0 Å². The maximum Gasteiger partial charge on any atom is 0.252 e. The first-order valence-electron chi connectivity index (χ1n) is 9.07. The van der Waals surface area contributed by atoms with Crippen molar-refractivity contribution in [3.05, 3.63) is 53.1 Å². The molecule has 0 radical (unpaired) electrons. The first-order valence-corrected chi connectivity index (χ1v) is 10.9. The van der Waals surface area contributed by atoms with E-state index in [0.29, 0.717) is 24.7 Å². The average molecular weight is 438 g/mol. The number of hydrogen-bond donors (Lipinski definition) is 1. The third-order valence-corrected chi connectivity index (χ3v) is 7.40. The Bertz CT molecular complexity index is 1020. The molecule has 7 nitrogen and oxygen atoms in total. The molecule has 0 aromatic heterocycles. The van der Waals surface area contributed by atoms with Crippen molar-refractivity contribution in [2.45, 2.75) is 24.3 Å². The van der Waals surface area contributed by atoms with Crippen molar-refractivity contribution in [3.8, 4) is 5.75 Å². The normalized spacial score (nSPS) is 17.2. The van der Waals surface area contributed by atoms with Gasteiger partial charge in [-0.25, -0.2) is 8.42 Å². The monoisotopic (exact) mass is 437 g/mol. The number of carbonyl (C=O) groups excluding carboxylic acids is 1. The Morgan fingerprint density at radius 1 is 1.14 bits per heavy atom. The van der Waals surface area contributed by atoms with Gasteiger partial charge in [0.15, 0.2) is 0 Å². The molecule has 1 fully saturated rings. The van der Waals surface area contributed by atoms with E-state index in [-0.39, 0.29) is 16.2 Å². The van der Waals surface area contributed by atoms with Gasteiger partial charge in [-0.15, -0.1) is 0 Å². The molecule has 0 bridgehead atoms. The average Bonchev–Trinajstić information content (AvgIpc) is 2.66. The molecule has 0 saturated carbocycles. The summed E-state index contributed by atoms with van der Waals surface area (Å²) in [6.45, 7) is 5.10. The van der Waals surface area contributed by atoms with E-state index in [1.54, 1.807) is 0 Å². The number of ether oxygens (including phenoxy) is 1. The Morgan fingerprint density at radius 3 is 2.34 bits per heavy atom. The lowest BCUT2D eigenvalue weighted by Crippen LogP contribution is -2.61. The number of sulfonamides is 1. The Balaban J connectivity index is 1.91. The van der Waals surface area contributed by atoms with Crippen molar-refractivity contribution < 1.29 is 17.9 Å². The van der Waals surface area contributed by atoms with Gasteiger partial charge in [-0.2, -0.15) is 4.31 Å². The molecule has 156 valence electrons. The van der Waals surface area contributed by atoms with Crippen LogP contribution in [-0.4, -0.2) is 50.9 Å². The van der Waals surface area contributed by atoms with E-state index in [1.807, 2.05) is 38.1 Å². The number of hydrogen-bond acceptors (Lipinski definition) is 5. The molecular weight excluding hydrogens is 414 g/mol. The van der Waals surface area contributed by atoms with Gasteiger partial charge < -0.3 is 15.4 Å². The Morgan fingerprint density at radius 2 is 1.79 bits per heavy atom. The molecule has 1 amide bonds. The Hall–Kier alpha value is -2.29. The van der Waals surface area contributed by atoms with E-state index in [4.69, 9.17) is 22.1 Å². The number of halogens is 1. The second kappa shape index (κ2) is 7.85. The zero-order valence-corrected chi connectivity index (χ0v) is 18.1. The summed E-state index contributed by atoms with van der Waals surface area (Å²) in [6.07, 6.45) is 0. The lowest BCUT2D eigenvalue weighted by atomic mass is 10.0. The summed E-state index contributed by atoms with van der Waals surface area (Å²) in [5.74, 6) is -0.506. The van der Waals surface area contributed by atoms with Crippen LogP contribution in [0.3, 0.4) is 0 Å². The van der Waals surface area contributed by atoms with Crippen molar-refractivity contribution in [2.75, 3.05) is 31.6 Å². The number of benzene rings is 2. The van der Waals surface area contributed by atoms with Gasteiger partial charge in [-0.3, -0.25) is 4.79 Å². The molecule has 2 aromatic rings. The second-order valence-corrected chi connectivity index (χ2v) is 9.81. The number of carbonyl (C=O) groups is 1. The molecule has 3 rings (SSSR count). The lowest BCUT2D eigenvalue weighted by molar-refractivity contribution is 0.0997. The predicted octanol–water partition coefficient (Wildman–Crippen LogP) is 2.74. The first kappa shape index (κ1) is 21.4. The molecule has 9 heteroatoms. The number of nitrogens with two attached hydrogens (primary N) is 1. The molecule has 29 heavy (non-hydrogen) atoms. The highest BCUT2D eigenvalue weighted by Gasteiger charge is 2.42. The van der Waals surface area contributed by atoms with Crippen molar-refractivity contribution in [1.82, 2.24) is 4.31 Å². The molecule has 0 spiro atoms. The molecular formula is C20H24ClN3O4S. The molecule has 1 saturated heterocycles. The van der Waals surface area contributed by atoms with Crippen LogP contribution in [0.5, 0.6) is 5.75 Å². The van der Waals surface area contributed by atoms with Gasteiger partial charge in [0.05, 0.1) is 17.6 Å². The molecule has 0 unspecified atom stereocenters. The van der Waals surface area contributed by atoms with Crippen LogP contribution < -0.4 is 15.4 Å². The highest BCUT2D eigenvalue weighted by Crippen LogP contribution is 2.32. The summed E-state index contributed by atoms with van der Waals surface area (Å²) in [5.41, 5.74) is 5.73. The minimum atomic E-state index is -3.84. The highest BCUT2D eigenvalue weighted by molar-refractivity contribution is 7.89. The largest absolute Gasteiger partial charge is 0.496 e. The third kappa shape index (κ3) is 4.19. The minimum absolute atomic E-state index is 0.0140. The molecule has 1 heterocycles. The Kier molecular flexibility index (Phi) is 5.80. The Labute approximate surface area is 176 Å². The highest BCUT2D eigenvalue weighted by atomic mass is 35.5. The molecule has 2 aromatic carbocycles. The summed E-state index contributed by atoms with van der Waals surface area (Å²) in [5, 5.41) is 0.652. The SMILES string of the molecule is COc1ccc(S(=O)(=O)N2CCN(c3ccc(Cl)cc3)CC2(C)C)cc1C(N)=O. The zero-order valence-electron chi connectivity index (χ0n) is 16.6. The smallest absolute Gasteiger partial charge is 0.252 e. The third-order valence-electron chi connectivity index (χ3n) is 5.04. The van der Waals surface area contributed by atoms with E-state index in [0.717, 1.165) is 5.69 Å². The van der Waals surface area contributed by atoms with E-state index in [1.165, 1.54) is 29.6 Å². The van der Waals surface area contributed by atoms with Gasteiger partial charge in [0.2, 0.25) is 10.0 Å². The van der Waals surface area contributed by atoms with Crippen molar-refractivity contribution in [1.29, 1.82) is 0 Å². The van der Waals surface area contributed by atoms with Crippen LogP contribution in [0.2, 0.25) is 5.02 Å². The summed E-state index contributed by atoms with van der Waals surface area (Å²) in [4.78, 5) is 13.8. The lowest BCUT2D eigenvalue weighted by Gasteiger charge is -2.46. The number of piperazine rings is 1. The van der Waals surface area contributed by atoms with Crippen molar-refractivity contribution >= 4 is 33.2 Å². The van der Waals surface area contributed by atoms with Gasteiger partial charge in [0.1, 0.15) is 5.75 Å². The summed E-state index contributed by atoms with van der Waals surface area (Å²) >= 11 is 5.97. The number of methoxy groups -OCH3 is 1. The summed E-state index contributed by atoms with van der Waals surface area (Å²) in [6, 6.07) is 11.6. The van der Waals surface area contributed by atoms with Gasteiger partial charge >= 0.3 is 0 Å². The molecule has 2 N–H and O–H groups in total. The maximum absolute atomic E-state index is 13.4.